The largest absolute Gasteiger partial charge is 0.392 e. The zero-order valence-corrected chi connectivity index (χ0v) is 10.9. The van der Waals surface area contributed by atoms with Gasteiger partial charge < -0.3 is 10.4 Å². The second-order valence-electron chi connectivity index (χ2n) is 5.21. The molecule has 0 unspecified atom stereocenters. The molecule has 1 amide bonds. The van der Waals surface area contributed by atoms with Gasteiger partial charge in [-0.05, 0) is 25.0 Å². The van der Waals surface area contributed by atoms with Gasteiger partial charge in [0, 0.05) is 19.6 Å². The molecule has 0 spiro atoms. The normalized spacial score (nSPS) is 19.6. The number of rotatable bonds is 3. The fraction of sp³-hybridized carbons (Fsp3) is 0.500. The van der Waals surface area contributed by atoms with Crippen LogP contribution in [-0.4, -0.2) is 34.5 Å². The average molecular weight is 248 g/mol. The molecule has 0 bridgehead atoms. The van der Waals surface area contributed by atoms with E-state index in [1.54, 1.807) is 0 Å². The lowest BCUT2D eigenvalue weighted by Crippen LogP contribution is -2.61. The number of benzene rings is 1. The summed E-state index contributed by atoms with van der Waals surface area (Å²) in [7, 11) is 0. The van der Waals surface area contributed by atoms with Crippen LogP contribution in [0.25, 0.3) is 0 Å². The monoisotopic (exact) mass is 248 g/mol. The fourth-order valence-corrected chi connectivity index (χ4v) is 2.19. The van der Waals surface area contributed by atoms with Crippen LogP contribution >= 0.6 is 0 Å². The Morgan fingerprint density at radius 2 is 1.89 bits per heavy atom. The van der Waals surface area contributed by atoms with Crippen LogP contribution in [0.4, 0.5) is 0 Å². The Morgan fingerprint density at radius 1 is 1.28 bits per heavy atom. The van der Waals surface area contributed by atoms with Crippen molar-refractivity contribution in [1.82, 2.24) is 10.2 Å². The number of nitrogens with one attached hydrogen (secondary N) is 1. The van der Waals surface area contributed by atoms with E-state index >= 15 is 0 Å². The molecule has 0 aliphatic carbocycles. The number of hydrogen-bond donors (Lipinski definition) is 2. The molecule has 1 aliphatic heterocycles. The van der Waals surface area contributed by atoms with Crippen molar-refractivity contribution >= 4 is 5.91 Å². The van der Waals surface area contributed by atoms with Crippen LogP contribution in [0.3, 0.4) is 0 Å². The van der Waals surface area contributed by atoms with Gasteiger partial charge in [0.05, 0.1) is 12.1 Å². The maximum absolute atomic E-state index is 11.8. The molecule has 1 aliphatic rings. The van der Waals surface area contributed by atoms with Crippen molar-refractivity contribution in [2.24, 2.45) is 0 Å². The number of hydrogen-bond acceptors (Lipinski definition) is 3. The summed E-state index contributed by atoms with van der Waals surface area (Å²) in [5.41, 5.74) is 1.61. The van der Waals surface area contributed by atoms with Gasteiger partial charge >= 0.3 is 0 Å². The van der Waals surface area contributed by atoms with Crippen molar-refractivity contribution in [1.29, 1.82) is 0 Å². The van der Waals surface area contributed by atoms with Gasteiger partial charge in [-0.3, -0.25) is 9.69 Å². The standard InChI is InChI=1S/C14H20N2O2/c1-14(2)13(18)15-7-8-16(14)9-11-3-5-12(10-17)6-4-11/h3-6,17H,7-10H2,1-2H3,(H,15,18). The topological polar surface area (TPSA) is 52.6 Å². The number of aliphatic hydroxyl groups excluding tert-OH is 1. The molecule has 1 saturated heterocycles. The van der Waals surface area contributed by atoms with Crippen LogP contribution in [0.5, 0.6) is 0 Å². The molecular formula is C14H20N2O2. The number of amides is 1. The minimum Gasteiger partial charge on any atom is -0.392 e. The maximum Gasteiger partial charge on any atom is 0.240 e. The number of carbonyl (C=O) groups excluding carboxylic acids is 1. The summed E-state index contributed by atoms with van der Waals surface area (Å²) in [6, 6.07) is 7.86. The summed E-state index contributed by atoms with van der Waals surface area (Å²) in [5.74, 6) is 0.0840. The van der Waals surface area contributed by atoms with Crippen LogP contribution in [0, 0.1) is 0 Å². The summed E-state index contributed by atoms with van der Waals surface area (Å²) in [6.07, 6.45) is 0. The minimum atomic E-state index is -0.464. The second kappa shape index (κ2) is 5.08. The molecule has 1 heterocycles. The van der Waals surface area contributed by atoms with Gasteiger partial charge in [0.25, 0.3) is 0 Å². The zero-order valence-electron chi connectivity index (χ0n) is 10.9. The molecule has 4 heteroatoms. The molecule has 1 aromatic carbocycles. The molecule has 2 rings (SSSR count). The van der Waals surface area contributed by atoms with Crippen molar-refractivity contribution in [3.05, 3.63) is 35.4 Å². The van der Waals surface area contributed by atoms with E-state index in [0.717, 1.165) is 24.2 Å². The molecule has 0 radical (unpaired) electrons. The van der Waals surface area contributed by atoms with Gasteiger partial charge in [-0.25, -0.2) is 0 Å². The Morgan fingerprint density at radius 3 is 2.50 bits per heavy atom. The third kappa shape index (κ3) is 2.54. The highest BCUT2D eigenvalue weighted by atomic mass is 16.3. The van der Waals surface area contributed by atoms with Gasteiger partial charge in [-0.1, -0.05) is 24.3 Å². The molecular weight excluding hydrogens is 228 g/mol. The predicted octanol–water partition coefficient (Wildman–Crippen LogP) is 0.889. The zero-order chi connectivity index (χ0) is 13.2. The summed E-state index contributed by atoms with van der Waals surface area (Å²) < 4.78 is 0. The van der Waals surface area contributed by atoms with Crippen LogP contribution in [0.15, 0.2) is 24.3 Å². The molecule has 18 heavy (non-hydrogen) atoms. The van der Waals surface area contributed by atoms with Gasteiger partial charge in [0.2, 0.25) is 5.91 Å². The third-order valence-electron chi connectivity index (χ3n) is 3.59. The number of piperazine rings is 1. The fourth-order valence-electron chi connectivity index (χ4n) is 2.19. The number of aliphatic hydroxyl groups is 1. The quantitative estimate of drug-likeness (QED) is 0.835. The Balaban J connectivity index is 2.09. The van der Waals surface area contributed by atoms with Gasteiger partial charge in [0.1, 0.15) is 0 Å². The molecule has 0 aromatic heterocycles. The van der Waals surface area contributed by atoms with E-state index in [0.29, 0.717) is 6.54 Å². The summed E-state index contributed by atoms with van der Waals surface area (Å²) in [4.78, 5) is 14.0. The SMILES string of the molecule is CC1(C)C(=O)NCCN1Cc1ccc(CO)cc1. The molecule has 1 fully saturated rings. The molecule has 4 nitrogen and oxygen atoms in total. The first-order valence-electron chi connectivity index (χ1n) is 6.26. The van der Waals surface area contributed by atoms with E-state index in [1.165, 1.54) is 0 Å². The predicted molar refractivity (Wildman–Crippen MR) is 69.9 cm³/mol. The smallest absolute Gasteiger partial charge is 0.240 e. The second-order valence-corrected chi connectivity index (χ2v) is 5.21. The van der Waals surface area contributed by atoms with E-state index in [9.17, 15) is 4.79 Å². The first-order valence-corrected chi connectivity index (χ1v) is 6.26. The van der Waals surface area contributed by atoms with E-state index in [4.69, 9.17) is 5.11 Å². The highest BCUT2D eigenvalue weighted by Gasteiger charge is 2.37. The lowest BCUT2D eigenvalue weighted by atomic mass is 9.98. The van der Waals surface area contributed by atoms with Crippen LogP contribution in [-0.2, 0) is 17.9 Å². The maximum atomic E-state index is 11.8. The third-order valence-corrected chi connectivity index (χ3v) is 3.59. The van der Waals surface area contributed by atoms with Crippen LogP contribution < -0.4 is 5.32 Å². The molecule has 0 atom stereocenters. The van der Waals surface area contributed by atoms with Crippen molar-refractivity contribution in [2.75, 3.05) is 13.1 Å². The van der Waals surface area contributed by atoms with Gasteiger partial charge in [-0.15, -0.1) is 0 Å². The first-order chi connectivity index (χ1) is 8.54. The lowest BCUT2D eigenvalue weighted by Gasteiger charge is -2.41. The van der Waals surface area contributed by atoms with Crippen LogP contribution in [0.1, 0.15) is 25.0 Å². The van der Waals surface area contributed by atoms with Crippen molar-refractivity contribution in [3.63, 3.8) is 0 Å². The summed E-state index contributed by atoms with van der Waals surface area (Å²) >= 11 is 0. The minimum absolute atomic E-state index is 0.0674. The summed E-state index contributed by atoms with van der Waals surface area (Å²) in [6.45, 7) is 6.29. The van der Waals surface area contributed by atoms with Crippen molar-refractivity contribution in [3.8, 4) is 0 Å². The number of carbonyl (C=O) groups is 1. The molecule has 1 aromatic rings. The van der Waals surface area contributed by atoms with E-state index < -0.39 is 5.54 Å². The summed E-state index contributed by atoms with van der Waals surface area (Å²) in [5, 5.41) is 11.9. The average Bonchev–Trinajstić information content (AvgIpc) is 2.36. The highest BCUT2D eigenvalue weighted by Crippen LogP contribution is 2.20. The highest BCUT2D eigenvalue weighted by molar-refractivity contribution is 5.86. The Kier molecular flexibility index (Phi) is 3.68. The van der Waals surface area contributed by atoms with E-state index in [-0.39, 0.29) is 12.5 Å². The molecule has 0 saturated carbocycles. The Bertz CT molecular complexity index is 426. The van der Waals surface area contributed by atoms with Crippen molar-refractivity contribution in [2.45, 2.75) is 32.5 Å². The number of nitrogens with zero attached hydrogens (tertiary/aromatic N) is 1. The van der Waals surface area contributed by atoms with Crippen LogP contribution in [0.2, 0.25) is 0 Å². The molecule has 2 N–H and O–H groups in total. The Hall–Kier alpha value is -1.39. The molecule has 98 valence electrons. The van der Waals surface area contributed by atoms with E-state index in [2.05, 4.69) is 10.2 Å². The van der Waals surface area contributed by atoms with Gasteiger partial charge in [-0.2, -0.15) is 0 Å². The first kappa shape index (κ1) is 13.1. The van der Waals surface area contributed by atoms with E-state index in [1.807, 2.05) is 38.1 Å². The van der Waals surface area contributed by atoms with Gasteiger partial charge in [0.15, 0.2) is 0 Å². The lowest BCUT2D eigenvalue weighted by molar-refractivity contribution is -0.135. The Labute approximate surface area is 108 Å². The van der Waals surface area contributed by atoms with Crippen molar-refractivity contribution < 1.29 is 9.90 Å².